The van der Waals surface area contributed by atoms with Crippen molar-refractivity contribution in [2.75, 3.05) is 0 Å². The Hall–Kier alpha value is -0.630. The van der Waals surface area contributed by atoms with E-state index in [1.165, 1.54) is 0 Å². The van der Waals surface area contributed by atoms with Gasteiger partial charge in [-0.2, -0.15) is 0 Å². The third kappa shape index (κ3) is 3.73. The van der Waals surface area contributed by atoms with Crippen LogP contribution in [-0.4, -0.2) is 15.3 Å². The van der Waals surface area contributed by atoms with Crippen LogP contribution >= 0.6 is 11.6 Å². The maximum atomic E-state index is 6.09. The largest absolute Gasteiger partial charge is 0.241 e. The number of hydrogen-bond acceptors (Lipinski definition) is 2. The molecule has 3 heteroatoms. The molecule has 1 atom stereocenters. The van der Waals surface area contributed by atoms with Crippen LogP contribution in [0.15, 0.2) is 12.3 Å². The van der Waals surface area contributed by atoms with E-state index in [2.05, 4.69) is 16.9 Å². The maximum Gasteiger partial charge on any atom is 0.129 e. The summed E-state index contributed by atoms with van der Waals surface area (Å²) < 4.78 is 0. The van der Waals surface area contributed by atoms with Crippen molar-refractivity contribution in [3.63, 3.8) is 0 Å². The fourth-order valence-electron chi connectivity index (χ4n) is 1.21. The van der Waals surface area contributed by atoms with Gasteiger partial charge in [0.15, 0.2) is 0 Å². The second-order valence-electron chi connectivity index (χ2n) is 3.20. The maximum absolute atomic E-state index is 6.09. The quantitative estimate of drug-likeness (QED) is 0.696. The highest BCUT2D eigenvalue weighted by atomic mass is 35.5. The number of aromatic nitrogens is 2. The van der Waals surface area contributed by atoms with Gasteiger partial charge in [0.05, 0.1) is 0 Å². The number of aryl methyl sites for hydroxylation is 1. The van der Waals surface area contributed by atoms with Gasteiger partial charge < -0.3 is 0 Å². The highest BCUT2D eigenvalue weighted by Crippen LogP contribution is 2.10. The summed E-state index contributed by atoms with van der Waals surface area (Å²) in [6.45, 7) is 4.10. The van der Waals surface area contributed by atoms with E-state index >= 15 is 0 Å². The van der Waals surface area contributed by atoms with Crippen LogP contribution in [0.1, 0.15) is 31.3 Å². The number of alkyl halides is 1. The van der Waals surface area contributed by atoms with Crippen LogP contribution in [0.5, 0.6) is 0 Å². The van der Waals surface area contributed by atoms with E-state index in [0.29, 0.717) is 0 Å². The third-order valence-corrected chi connectivity index (χ3v) is 2.22. The van der Waals surface area contributed by atoms with Crippen molar-refractivity contribution in [1.82, 2.24) is 9.97 Å². The molecule has 0 aromatic carbocycles. The first-order valence-corrected chi connectivity index (χ1v) is 5.08. The molecule has 0 aliphatic rings. The SMILES string of the molecule is CCCC(Cl)Cc1nccc(C)n1. The molecule has 72 valence electrons. The second-order valence-corrected chi connectivity index (χ2v) is 3.82. The van der Waals surface area contributed by atoms with Crippen LogP contribution in [0.4, 0.5) is 0 Å². The molecule has 0 fully saturated rings. The van der Waals surface area contributed by atoms with Gasteiger partial charge in [-0.25, -0.2) is 9.97 Å². The lowest BCUT2D eigenvalue weighted by atomic mass is 10.2. The van der Waals surface area contributed by atoms with Gasteiger partial charge in [0.2, 0.25) is 0 Å². The Morgan fingerprint density at radius 3 is 2.92 bits per heavy atom. The van der Waals surface area contributed by atoms with E-state index in [1.54, 1.807) is 6.20 Å². The van der Waals surface area contributed by atoms with Crippen molar-refractivity contribution < 1.29 is 0 Å². The van der Waals surface area contributed by atoms with Crippen molar-refractivity contribution in [2.24, 2.45) is 0 Å². The number of hydrogen-bond donors (Lipinski definition) is 0. The fraction of sp³-hybridized carbons (Fsp3) is 0.600. The van der Waals surface area contributed by atoms with Crippen molar-refractivity contribution in [3.05, 3.63) is 23.8 Å². The van der Waals surface area contributed by atoms with Crippen molar-refractivity contribution in [2.45, 2.75) is 38.5 Å². The zero-order valence-electron chi connectivity index (χ0n) is 8.13. The first-order valence-electron chi connectivity index (χ1n) is 4.65. The van der Waals surface area contributed by atoms with E-state index in [1.807, 2.05) is 13.0 Å². The molecule has 1 rings (SSSR count). The summed E-state index contributed by atoms with van der Waals surface area (Å²) >= 11 is 6.09. The molecule has 0 amide bonds. The summed E-state index contributed by atoms with van der Waals surface area (Å²) in [4.78, 5) is 8.47. The van der Waals surface area contributed by atoms with Crippen molar-refractivity contribution in [3.8, 4) is 0 Å². The van der Waals surface area contributed by atoms with Gasteiger partial charge in [0, 0.05) is 23.7 Å². The minimum Gasteiger partial charge on any atom is -0.241 e. The summed E-state index contributed by atoms with van der Waals surface area (Å²) in [5.41, 5.74) is 1.00. The normalized spacial score (nSPS) is 12.8. The zero-order valence-corrected chi connectivity index (χ0v) is 8.88. The van der Waals surface area contributed by atoms with E-state index < -0.39 is 0 Å². The second kappa shape index (κ2) is 5.18. The van der Waals surface area contributed by atoms with Gasteiger partial charge in [-0.1, -0.05) is 13.3 Å². The summed E-state index contributed by atoms with van der Waals surface area (Å²) in [7, 11) is 0. The minimum absolute atomic E-state index is 0.173. The topological polar surface area (TPSA) is 25.8 Å². The first-order chi connectivity index (χ1) is 6.22. The molecule has 1 aromatic rings. The van der Waals surface area contributed by atoms with Gasteiger partial charge in [0.25, 0.3) is 0 Å². The molecule has 0 spiro atoms. The number of nitrogens with zero attached hydrogens (tertiary/aromatic N) is 2. The van der Waals surface area contributed by atoms with Crippen molar-refractivity contribution >= 4 is 11.6 Å². The molecule has 0 aliphatic carbocycles. The monoisotopic (exact) mass is 198 g/mol. The molecule has 1 unspecified atom stereocenters. The van der Waals surface area contributed by atoms with Crippen LogP contribution < -0.4 is 0 Å². The molecule has 2 nitrogen and oxygen atoms in total. The molecule has 0 radical (unpaired) electrons. The number of halogens is 1. The van der Waals surface area contributed by atoms with Gasteiger partial charge in [0.1, 0.15) is 5.82 Å². The Bertz CT molecular complexity index is 263. The zero-order chi connectivity index (χ0) is 9.68. The van der Waals surface area contributed by atoms with Crippen LogP contribution in [0.25, 0.3) is 0 Å². The predicted octanol–water partition coefficient (Wildman–Crippen LogP) is 2.74. The fourth-order valence-corrected chi connectivity index (χ4v) is 1.57. The van der Waals surface area contributed by atoms with Crippen LogP contribution in [-0.2, 0) is 6.42 Å². The standard InChI is InChI=1S/C10H15ClN2/c1-3-4-9(11)7-10-12-6-5-8(2)13-10/h5-6,9H,3-4,7H2,1-2H3. The molecule has 1 heterocycles. The lowest BCUT2D eigenvalue weighted by Crippen LogP contribution is -2.06. The summed E-state index contributed by atoms with van der Waals surface area (Å²) in [6.07, 6.45) is 4.70. The van der Waals surface area contributed by atoms with E-state index in [4.69, 9.17) is 11.6 Å². The molecule has 0 saturated carbocycles. The Kier molecular flexibility index (Phi) is 4.16. The minimum atomic E-state index is 0.173. The van der Waals surface area contributed by atoms with Crippen LogP contribution in [0.2, 0.25) is 0 Å². The van der Waals surface area contributed by atoms with Crippen LogP contribution in [0.3, 0.4) is 0 Å². The predicted molar refractivity (Wildman–Crippen MR) is 55.0 cm³/mol. The number of rotatable bonds is 4. The smallest absolute Gasteiger partial charge is 0.129 e. The Balaban J connectivity index is 2.53. The molecule has 0 bridgehead atoms. The van der Waals surface area contributed by atoms with Gasteiger partial charge in [-0.3, -0.25) is 0 Å². The molecule has 1 aromatic heterocycles. The molecular weight excluding hydrogens is 184 g/mol. The molecule has 0 N–H and O–H groups in total. The molecule has 0 saturated heterocycles. The Labute approximate surface area is 84.4 Å². The molecular formula is C10H15ClN2. The van der Waals surface area contributed by atoms with Crippen LogP contribution in [0, 0.1) is 6.92 Å². The van der Waals surface area contributed by atoms with Gasteiger partial charge in [-0.15, -0.1) is 11.6 Å². The van der Waals surface area contributed by atoms with Gasteiger partial charge in [-0.05, 0) is 19.4 Å². The van der Waals surface area contributed by atoms with E-state index in [-0.39, 0.29) is 5.38 Å². The Morgan fingerprint density at radius 2 is 2.31 bits per heavy atom. The van der Waals surface area contributed by atoms with E-state index in [0.717, 1.165) is 30.8 Å². The highest BCUT2D eigenvalue weighted by molar-refractivity contribution is 6.20. The summed E-state index contributed by atoms with van der Waals surface area (Å²) in [6, 6.07) is 1.90. The summed E-state index contributed by atoms with van der Waals surface area (Å²) in [5.74, 6) is 0.855. The Morgan fingerprint density at radius 1 is 1.54 bits per heavy atom. The third-order valence-electron chi connectivity index (χ3n) is 1.85. The first kappa shape index (κ1) is 10.5. The van der Waals surface area contributed by atoms with E-state index in [9.17, 15) is 0 Å². The highest BCUT2D eigenvalue weighted by Gasteiger charge is 2.06. The lowest BCUT2D eigenvalue weighted by Gasteiger charge is -2.06. The van der Waals surface area contributed by atoms with Gasteiger partial charge >= 0.3 is 0 Å². The average Bonchev–Trinajstić information content (AvgIpc) is 2.04. The van der Waals surface area contributed by atoms with Crippen molar-refractivity contribution in [1.29, 1.82) is 0 Å². The molecule has 0 aliphatic heterocycles. The molecule has 13 heavy (non-hydrogen) atoms. The lowest BCUT2D eigenvalue weighted by molar-refractivity contribution is 0.700. The summed E-state index contributed by atoms with van der Waals surface area (Å²) in [5, 5.41) is 0.173. The average molecular weight is 199 g/mol.